The van der Waals surface area contributed by atoms with E-state index in [4.69, 9.17) is 4.74 Å². The number of fused-ring (bicyclic) bond motifs is 1. The second-order valence-electron chi connectivity index (χ2n) is 5.59. The Bertz CT molecular complexity index is 540. The quantitative estimate of drug-likeness (QED) is 0.875. The molecule has 0 amide bonds. The molecule has 0 aliphatic heterocycles. The van der Waals surface area contributed by atoms with Crippen molar-refractivity contribution in [2.75, 3.05) is 7.11 Å². The van der Waals surface area contributed by atoms with Gasteiger partial charge in [-0.3, -0.25) is 0 Å². The van der Waals surface area contributed by atoms with Gasteiger partial charge >= 0.3 is 0 Å². The molecular formula is C17H22O2. The Morgan fingerprint density at radius 1 is 1.11 bits per heavy atom. The molecule has 0 saturated heterocycles. The van der Waals surface area contributed by atoms with Crippen LogP contribution in [-0.2, 0) is 4.74 Å². The summed E-state index contributed by atoms with van der Waals surface area (Å²) in [4.78, 5) is 0. The largest absolute Gasteiger partial charge is 0.388 e. The van der Waals surface area contributed by atoms with Crippen molar-refractivity contribution in [3.63, 3.8) is 0 Å². The van der Waals surface area contributed by atoms with Gasteiger partial charge in [-0.1, -0.05) is 42.5 Å². The molecule has 2 nitrogen and oxygen atoms in total. The van der Waals surface area contributed by atoms with Gasteiger partial charge in [0.15, 0.2) is 0 Å². The van der Waals surface area contributed by atoms with E-state index in [-0.39, 0.29) is 5.60 Å². The minimum Gasteiger partial charge on any atom is -0.388 e. The van der Waals surface area contributed by atoms with Gasteiger partial charge in [0.1, 0.15) is 0 Å². The minimum absolute atomic E-state index is 0.189. The zero-order chi connectivity index (χ0) is 13.9. The lowest BCUT2D eigenvalue weighted by atomic mass is 9.94. The molecule has 1 atom stereocenters. The average Bonchev–Trinajstić information content (AvgIpc) is 2.44. The van der Waals surface area contributed by atoms with Gasteiger partial charge in [0.05, 0.1) is 11.7 Å². The molecule has 0 radical (unpaired) electrons. The van der Waals surface area contributed by atoms with Gasteiger partial charge in [0.25, 0.3) is 0 Å². The maximum absolute atomic E-state index is 10.4. The standard InChI is InChI=1S/C17H22O2/c1-17(2,19-3)12-11-16(18)15-10-6-8-13-7-4-5-9-14(13)15/h4-10,16,18H,11-12H2,1-3H3. The summed E-state index contributed by atoms with van der Waals surface area (Å²) in [6, 6.07) is 14.3. The first-order chi connectivity index (χ1) is 9.03. The van der Waals surface area contributed by atoms with Crippen molar-refractivity contribution >= 4 is 10.8 Å². The van der Waals surface area contributed by atoms with E-state index in [9.17, 15) is 5.11 Å². The van der Waals surface area contributed by atoms with Gasteiger partial charge in [-0.15, -0.1) is 0 Å². The first-order valence-electron chi connectivity index (χ1n) is 6.74. The molecule has 0 aromatic heterocycles. The highest BCUT2D eigenvalue weighted by Crippen LogP contribution is 2.29. The first-order valence-corrected chi connectivity index (χ1v) is 6.74. The van der Waals surface area contributed by atoms with Crippen LogP contribution in [-0.4, -0.2) is 17.8 Å². The van der Waals surface area contributed by atoms with Crippen molar-refractivity contribution in [2.45, 2.75) is 38.4 Å². The van der Waals surface area contributed by atoms with E-state index in [1.807, 2.05) is 38.1 Å². The van der Waals surface area contributed by atoms with Crippen LogP contribution in [0.5, 0.6) is 0 Å². The number of hydrogen-bond acceptors (Lipinski definition) is 2. The third-order valence-corrected chi connectivity index (χ3v) is 3.75. The van der Waals surface area contributed by atoms with E-state index in [0.29, 0.717) is 6.42 Å². The molecule has 2 heteroatoms. The van der Waals surface area contributed by atoms with Gasteiger partial charge in [-0.25, -0.2) is 0 Å². The summed E-state index contributed by atoms with van der Waals surface area (Å²) in [5.41, 5.74) is 0.816. The lowest BCUT2D eigenvalue weighted by Crippen LogP contribution is -2.23. The minimum atomic E-state index is -0.444. The van der Waals surface area contributed by atoms with Gasteiger partial charge < -0.3 is 9.84 Å². The number of benzene rings is 2. The van der Waals surface area contributed by atoms with Crippen molar-refractivity contribution < 1.29 is 9.84 Å². The van der Waals surface area contributed by atoms with Crippen LogP contribution >= 0.6 is 0 Å². The van der Waals surface area contributed by atoms with E-state index in [1.54, 1.807) is 7.11 Å². The molecule has 102 valence electrons. The highest BCUT2D eigenvalue weighted by atomic mass is 16.5. The molecule has 2 rings (SSSR count). The van der Waals surface area contributed by atoms with Crippen LogP contribution in [0.25, 0.3) is 10.8 Å². The van der Waals surface area contributed by atoms with Crippen LogP contribution in [0.1, 0.15) is 38.4 Å². The van der Waals surface area contributed by atoms with Crippen LogP contribution < -0.4 is 0 Å². The number of ether oxygens (including phenoxy) is 1. The van der Waals surface area contributed by atoms with Crippen LogP contribution in [0.2, 0.25) is 0 Å². The predicted octanol–water partition coefficient (Wildman–Crippen LogP) is 4.08. The average molecular weight is 258 g/mol. The summed E-state index contributed by atoms with van der Waals surface area (Å²) >= 11 is 0. The molecule has 0 aliphatic rings. The molecular weight excluding hydrogens is 236 g/mol. The van der Waals surface area contributed by atoms with E-state index in [0.717, 1.165) is 17.4 Å². The Balaban J connectivity index is 2.20. The lowest BCUT2D eigenvalue weighted by Gasteiger charge is -2.24. The second kappa shape index (κ2) is 5.72. The van der Waals surface area contributed by atoms with E-state index >= 15 is 0 Å². The predicted molar refractivity (Wildman–Crippen MR) is 79.2 cm³/mol. The Labute approximate surface area is 115 Å². The van der Waals surface area contributed by atoms with Crippen LogP contribution in [0.15, 0.2) is 42.5 Å². The van der Waals surface area contributed by atoms with E-state index < -0.39 is 6.10 Å². The Hall–Kier alpha value is -1.38. The van der Waals surface area contributed by atoms with Gasteiger partial charge in [-0.05, 0) is 43.0 Å². The zero-order valence-electron chi connectivity index (χ0n) is 11.9. The monoisotopic (exact) mass is 258 g/mol. The fourth-order valence-corrected chi connectivity index (χ4v) is 2.28. The van der Waals surface area contributed by atoms with Crippen LogP contribution in [0, 0.1) is 0 Å². The second-order valence-corrected chi connectivity index (χ2v) is 5.59. The van der Waals surface area contributed by atoms with Crippen molar-refractivity contribution in [3.05, 3.63) is 48.0 Å². The summed E-state index contributed by atoms with van der Waals surface area (Å²) in [7, 11) is 1.71. The van der Waals surface area contributed by atoms with Gasteiger partial charge in [0.2, 0.25) is 0 Å². The van der Waals surface area contributed by atoms with Gasteiger partial charge in [-0.2, -0.15) is 0 Å². The third-order valence-electron chi connectivity index (χ3n) is 3.75. The number of aliphatic hydroxyl groups is 1. The molecule has 19 heavy (non-hydrogen) atoms. The number of rotatable bonds is 5. The van der Waals surface area contributed by atoms with Crippen molar-refractivity contribution in [3.8, 4) is 0 Å². The van der Waals surface area contributed by atoms with E-state index in [1.165, 1.54) is 5.39 Å². The maximum Gasteiger partial charge on any atom is 0.0797 e. The first kappa shape index (κ1) is 14.0. The molecule has 1 unspecified atom stereocenters. The Morgan fingerprint density at radius 3 is 2.53 bits per heavy atom. The Morgan fingerprint density at radius 2 is 1.79 bits per heavy atom. The summed E-state index contributed by atoms with van der Waals surface area (Å²) in [6.45, 7) is 4.09. The molecule has 0 saturated carbocycles. The topological polar surface area (TPSA) is 29.5 Å². The fraction of sp³-hybridized carbons (Fsp3) is 0.412. The molecule has 1 N–H and O–H groups in total. The lowest BCUT2D eigenvalue weighted by molar-refractivity contribution is 0.00291. The summed E-state index contributed by atoms with van der Waals surface area (Å²) in [5, 5.41) is 12.7. The van der Waals surface area contributed by atoms with Crippen LogP contribution in [0.3, 0.4) is 0 Å². The zero-order valence-corrected chi connectivity index (χ0v) is 11.9. The van der Waals surface area contributed by atoms with Crippen molar-refractivity contribution in [1.29, 1.82) is 0 Å². The normalized spacial score (nSPS) is 13.7. The highest BCUT2D eigenvalue weighted by molar-refractivity contribution is 5.85. The number of aliphatic hydroxyl groups excluding tert-OH is 1. The van der Waals surface area contributed by atoms with Crippen molar-refractivity contribution in [2.24, 2.45) is 0 Å². The van der Waals surface area contributed by atoms with Crippen molar-refractivity contribution in [1.82, 2.24) is 0 Å². The molecule has 2 aromatic rings. The number of hydrogen-bond donors (Lipinski definition) is 1. The third kappa shape index (κ3) is 3.34. The highest BCUT2D eigenvalue weighted by Gasteiger charge is 2.19. The molecule has 0 spiro atoms. The Kier molecular flexibility index (Phi) is 4.23. The summed E-state index contributed by atoms with van der Waals surface area (Å²) < 4.78 is 5.40. The van der Waals surface area contributed by atoms with Gasteiger partial charge in [0, 0.05) is 7.11 Å². The summed E-state index contributed by atoms with van der Waals surface area (Å²) in [5.74, 6) is 0. The van der Waals surface area contributed by atoms with E-state index in [2.05, 4.69) is 18.2 Å². The molecule has 2 aromatic carbocycles. The molecule has 0 aliphatic carbocycles. The molecule has 0 fully saturated rings. The van der Waals surface area contributed by atoms with Crippen LogP contribution in [0.4, 0.5) is 0 Å². The smallest absolute Gasteiger partial charge is 0.0797 e. The fourth-order valence-electron chi connectivity index (χ4n) is 2.28. The SMILES string of the molecule is COC(C)(C)CCC(O)c1cccc2ccccc12. The molecule has 0 heterocycles. The summed E-state index contributed by atoms with van der Waals surface area (Å²) in [6.07, 6.45) is 1.09. The molecule has 0 bridgehead atoms. The number of methoxy groups -OCH3 is 1. The maximum atomic E-state index is 10.4.